The van der Waals surface area contributed by atoms with E-state index < -0.39 is 0 Å². The molecular weight excluding hydrogens is 427 g/mol. The van der Waals surface area contributed by atoms with Crippen molar-refractivity contribution in [3.05, 3.63) is 120 Å². The first kappa shape index (κ1) is 19.6. The number of hydrogen-bond acceptors (Lipinski definition) is 2. The van der Waals surface area contributed by atoms with Crippen LogP contribution in [-0.2, 0) is 0 Å². The van der Waals surface area contributed by atoms with Gasteiger partial charge in [0.15, 0.2) is 0 Å². The molecule has 0 bridgehead atoms. The lowest BCUT2D eigenvalue weighted by Gasteiger charge is -2.10. The van der Waals surface area contributed by atoms with Gasteiger partial charge in [0.1, 0.15) is 11.5 Å². The molecule has 4 heteroatoms. The van der Waals surface area contributed by atoms with Crippen LogP contribution in [0.25, 0.3) is 50.4 Å². The highest BCUT2D eigenvalue weighted by Gasteiger charge is 2.17. The van der Waals surface area contributed by atoms with E-state index in [0.717, 1.165) is 44.9 Å². The van der Waals surface area contributed by atoms with E-state index in [1.807, 2.05) is 24.3 Å². The topological polar surface area (TPSA) is 17.3 Å². The number of rotatable bonds is 4. The average molecular weight is 447 g/mol. The fourth-order valence-electron chi connectivity index (χ4n) is 4.21. The van der Waals surface area contributed by atoms with Crippen LogP contribution in [0.3, 0.4) is 0 Å². The smallest absolute Gasteiger partial charge is 0.137 e. The van der Waals surface area contributed by atoms with Crippen LogP contribution in [0.15, 0.2) is 114 Å². The van der Waals surface area contributed by atoms with Gasteiger partial charge >= 0.3 is 0 Å². The third kappa shape index (κ3) is 3.65. The number of benzene rings is 3. The van der Waals surface area contributed by atoms with Crippen LogP contribution in [0.4, 0.5) is 4.39 Å². The van der Waals surface area contributed by atoms with Crippen molar-refractivity contribution in [2.75, 3.05) is 0 Å². The molecule has 3 heterocycles. The molecule has 0 aliphatic rings. The van der Waals surface area contributed by atoms with Crippen molar-refractivity contribution < 1.29 is 4.39 Å². The van der Waals surface area contributed by atoms with Gasteiger partial charge in [0.25, 0.3) is 0 Å². The minimum atomic E-state index is -0.255. The normalized spacial score (nSPS) is 11.2. The van der Waals surface area contributed by atoms with Gasteiger partial charge in [0, 0.05) is 17.3 Å². The fraction of sp³-hybridized carbons (Fsp3) is 0. The highest BCUT2D eigenvalue weighted by molar-refractivity contribution is 7.08. The molecule has 6 rings (SSSR count). The van der Waals surface area contributed by atoms with Crippen molar-refractivity contribution in [1.82, 2.24) is 9.38 Å². The Balaban J connectivity index is 1.61. The predicted molar refractivity (Wildman–Crippen MR) is 135 cm³/mol. The Morgan fingerprint density at radius 1 is 0.636 bits per heavy atom. The lowest BCUT2D eigenvalue weighted by Crippen LogP contribution is -1.92. The summed E-state index contributed by atoms with van der Waals surface area (Å²) in [7, 11) is 0. The van der Waals surface area contributed by atoms with E-state index in [-0.39, 0.29) is 5.82 Å². The third-order valence-electron chi connectivity index (χ3n) is 5.83. The molecule has 3 aromatic carbocycles. The third-order valence-corrected chi connectivity index (χ3v) is 6.52. The lowest BCUT2D eigenvalue weighted by atomic mass is 9.99. The molecule has 0 N–H and O–H groups in total. The van der Waals surface area contributed by atoms with Crippen molar-refractivity contribution in [2.45, 2.75) is 0 Å². The number of halogens is 1. The van der Waals surface area contributed by atoms with Crippen LogP contribution < -0.4 is 0 Å². The first-order valence-corrected chi connectivity index (χ1v) is 11.7. The van der Waals surface area contributed by atoms with Crippen molar-refractivity contribution in [1.29, 1.82) is 0 Å². The summed E-state index contributed by atoms with van der Waals surface area (Å²) in [5.41, 5.74) is 9.25. The van der Waals surface area contributed by atoms with Gasteiger partial charge in [-0.05, 0) is 81.5 Å². The molecule has 0 amide bonds. The fourth-order valence-corrected chi connectivity index (χ4v) is 4.87. The number of aromatic nitrogens is 2. The molecule has 33 heavy (non-hydrogen) atoms. The van der Waals surface area contributed by atoms with Crippen molar-refractivity contribution in [2.24, 2.45) is 0 Å². The second-order valence-corrected chi connectivity index (χ2v) is 8.70. The van der Waals surface area contributed by atoms with E-state index in [1.54, 1.807) is 23.5 Å². The molecule has 0 saturated heterocycles. The van der Waals surface area contributed by atoms with Gasteiger partial charge in [0.05, 0.1) is 11.4 Å². The molecule has 2 nitrogen and oxygen atoms in total. The maximum absolute atomic E-state index is 13.7. The molecule has 0 fully saturated rings. The Kier molecular flexibility index (Phi) is 4.85. The summed E-state index contributed by atoms with van der Waals surface area (Å²) >= 11 is 1.68. The second kappa shape index (κ2) is 8.15. The number of thiophene rings is 1. The molecule has 0 saturated carbocycles. The van der Waals surface area contributed by atoms with E-state index in [0.29, 0.717) is 0 Å². The van der Waals surface area contributed by atoms with E-state index in [9.17, 15) is 4.39 Å². The lowest BCUT2D eigenvalue weighted by molar-refractivity contribution is 0.628. The molecule has 0 atom stereocenters. The largest absolute Gasteiger partial charge is 0.298 e. The van der Waals surface area contributed by atoms with Crippen LogP contribution in [-0.4, -0.2) is 9.38 Å². The van der Waals surface area contributed by atoms with E-state index in [1.165, 1.54) is 17.7 Å². The number of pyridine rings is 1. The van der Waals surface area contributed by atoms with Crippen LogP contribution >= 0.6 is 11.3 Å². The Hall–Kier alpha value is -4.02. The Bertz CT molecular complexity index is 1550. The second-order valence-electron chi connectivity index (χ2n) is 7.92. The quantitative estimate of drug-likeness (QED) is 0.267. The summed E-state index contributed by atoms with van der Waals surface area (Å²) in [4.78, 5) is 4.96. The molecule has 158 valence electrons. The van der Waals surface area contributed by atoms with Crippen LogP contribution in [0.5, 0.6) is 0 Å². The summed E-state index contributed by atoms with van der Waals surface area (Å²) in [5.74, 6) is -0.255. The first-order chi connectivity index (χ1) is 16.3. The minimum Gasteiger partial charge on any atom is -0.298 e. The molecule has 0 aliphatic carbocycles. The summed E-state index contributed by atoms with van der Waals surface area (Å²) in [5, 5.41) is 4.23. The van der Waals surface area contributed by atoms with Gasteiger partial charge in [-0.1, -0.05) is 48.5 Å². The zero-order valence-corrected chi connectivity index (χ0v) is 18.5. The van der Waals surface area contributed by atoms with Gasteiger partial charge in [-0.15, -0.1) is 0 Å². The Morgan fingerprint density at radius 3 is 2.18 bits per heavy atom. The Labute approximate surface area is 195 Å². The maximum Gasteiger partial charge on any atom is 0.137 e. The summed E-state index contributed by atoms with van der Waals surface area (Å²) in [6, 6.07) is 31.7. The molecule has 0 unspecified atom stereocenters. The number of nitrogens with zero attached hydrogens (tertiary/aromatic N) is 2. The van der Waals surface area contributed by atoms with Gasteiger partial charge < -0.3 is 0 Å². The van der Waals surface area contributed by atoms with Crippen molar-refractivity contribution in [3.63, 3.8) is 0 Å². The van der Waals surface area contributed by atoms with Gasteiger partial charge in [-0.25, -0.2) is 9.37 Å². The highest BCUT2D eigenvalue weighted by atomic mass is 32.1. The van der Waals surface area contributed by atoms with Crippen LogP contribution in [0.2, 0.25) is 0 Å². The molecule has 3 aromatic heterocycles. The zero-order chi connectivity index (χ0) is 22.2. The number of imidazole rings is 1. The summed E-state index contributed by atoms with van der Waals surface area (Å²) in [6.07, 6.45) is 2.14. The van der Waals surface area contributed by atoms with Gasteiger partial charge in [-0.2, -0.15) is 11.3 Å². The SMILES string of the molecule is Fc1ccc(-c2nc3ccc(-c4ccsc4)cn3c2-c2cccc(-c3ccccc3)c2)cc1. The van der Waals surface area contributed by atoms with Crippen LogP contribution in [0, 0.1) is 5.82 Å². The maximum atomic E-state index is 13.7. The van der Waals surface area contributed by atoms with E-state index in [2.05, 4.69) is 69.9 Å². The first-order valence-electron chi connectivity index (χ1n) is 10.7. The van der Waals surface area contributed by atoms with Crippen molar-refractivity contribution in [3.8, 4) is 44.8 Å². The predicted octanol–water partition coefficient (Wildman–Crippen LogP) is 8.20. The molecular formula is C29H19FN2S. The number of fused-ring (bicyclic) bond motifs is 1. The van der Waals surface area contributed by atoms with Crippen LogP contribution in [0.1, 0.15) is 0 Å². The minimum absolute atomic E-state index is 0.255. The van der Waals surface area contributed by atoms with E-state index >= 15 is 0 Å². The molecule has 0 spiro atoms. The molecule has 0 aliphatic heterocycles. The average Bonchev–Trinajstić information content (AvgIpc) is 3.53. The standard InChI is InChI=1S/C29H19FN2S/c30-26-12-9-21(10-13-26)28-29(23-8-4-7-22(17-23)20-5-2-1-3-6-20)32-18-24(11-14-27(32)31-28)25-15-16-33-19-25/h1-19H. The summed E-state index contributed by atoms with van der Waals surface area (Å²) in [6.45, 7) is 0. The van der Waals surface area contributed by atoms with E-state index in [4.69, 9.17) is 4.98 Å². The molecule has 6 aromatic rings. The molecule has 0 radical (unpaired) electrons. The summed E-state index contributed by atoms with van der Waals surface area (Å²) < 4.78 is 15.8. The zero-order valence-electron chi connectivity index (χ0n) is 17.7. The monoisotopic (exact) mass is 446 g/mol. The Morgan fingerprint density at radius 2 is 1.39 bits per heavy atom. The van der Waals surface area contributed by atoms with Gasteiger partial charge in [-0.3, -0.25) is 4.40 Å². The van der Waals surface area contributed by atoms with Gasteiger partial charge in [0.2, 0.25) is 0 Å². The van der Waals surface area contributed by atoms with Crippen molar-refractivity contribution >= 4 is 17.0 Å². The highest BCUT2D eigenvalue weighted by Crippen LogP contribution is 2.36. The number of hydrogen-bond donors (Lipinski definition) is 0.